The Morgan fingerprint density at radius 1 is 1.06 bits per heavy atom. The Hall–Kier alpha value is -3.14. The summed E-state index contributed by atoms with van der Waals surface area (Å²) in [4.78, 5) is 22.5. The second-order valence-corrected chi connectivity index (χ2v) is 7.89. The lowest BCUT2D eigenvalue weighted by molar-refractivity contribution is -0.160. The van der Waals surface area contributed by atoms with Gasteiger partial charge in [0.05, 0.1) is 11.3 Å². The zero-order chi connectivity index (χ0) is 22.0. The van der Waals surface area contributed by atoms with Crippen molar-refractivity contribution in [2.24, 2.45) is 0 Å². The Bertz CT molecular complexity index is 1230. The summed E-state index contributed by atoms with van der Waals surface area (Å²) in [5.41, 5.74) is 1.89. The van der Waals surface area contributed by atoms with Crippen LogP contribution in [0, 0.1) is 6.92 Å². The summed E-state index contributed by atoms with van der Waals surface area (Å²) in [7, 11) is 0. The summed E-state index contributed by atoms with van der Waals surface area (Å²) < 4.78 is 40.8. The van der Waals surface area contributed by atoms with Crippen molar-refractivity contribution < 1.29 is 18.0 Å². The highest BCUT2D eigenvalue weighted by atomic mass is 32.2. The third-order valence-electron chi connectivity index (χ3n) is 4.52. The Morgan fingerprint density at radius 2 is 1.77 bits per heavy atom. The number of para-hydroxylation sites is 1. The van der Waals surface area contributed by atoms with Crippen LogP contribution in [0.2, 0.25) is 0 Å². The lowest BCUT2D eigenvalue weighted by atomic mass is 10.2. The first-order valence-electron chi connectivity index (χ1n) is 9.43. The molecule has 0 spiro atoms. The van der Waals surface area contributed by atoms with Crippen molar-refractivity contribution in [3.63, 3.8) is 0 Å². The Kier molecular flexibility index (Phi) is 5.81. The first-order valence-corrected chi connectivity index (χ1v) is 10.4. The number of amides is 1. The number of hydrogen-bond donors (Lipinski definition) is 0. The lowest BCUT2D eigenvalue weighted by Crippen LogP contribution is -2.39. The maximum absolute atomic E-state index is 13.1. The number of aromatic nitrogens is 4. The number of carbonyl (C=O) groups excluding carboxylic acids is 1. The topological polar surface area (TPSA) is 63.4 Å². The number of rotatable bonds is 6. The van der Waals surface area contributed by atoms with Crippen LogP contribution < -0.4 is 0 Å². The molecule has 31 heavy (non-hydrogen) atoms. The van der Waals surface area contributed by atoms with Crippen LogP contribution >= 0.6 is 11.8 Å². The van der Waals surface area contributed by atoms with E-state index in [1.807, 2.05) is 24.3 Å². The van der Waals surface area contributed by atoms with Crippen molar-refractivity contribution in [3.8, 4) is 0 Å². The van der Waals surface area contributed by atoms with E-state index in [0.29, 0.717) is 27.7 Å². The number of carbonyl (C=O) groups is 1. The monoisotopic (exact) mass is 445 g/mol. The SMILES string of the molecule is Cc1nc2c3ccccc3nc(SCC(=O)N(Cc3ccccc3)CC(F)(F)F)n2n1. The van der Waals surface area contributed by atoms with E-state index in [4.69, 9.17) is 0 Å². The Morgan fingerprint density at radius 3 is 2.52 bits per heavy atom. The van der Waals surface area contributed by atoms with Gasteiger partial charge in [-0.3, -0.25) is 4.79 Å². The zero-order valence-corrected chi connectivity index (χ0v) is 17.3. The normalized spacial score (nSPS) is 11.9. The number of aryl methyl sites for hydroxylation is 1. The average molecular weight is 445 g/mol. The molecule has 0 unspecified atom stereocenters. The first kappa shape index (κ1) is 21.1. The maximum Gasteiger partial charge on any atom is 0.406 e. The largest absolute Gasteiger partial charge is 0.406 e. The number of benzene rings is 2. The van der Waals surface area contributed by atoms with Crippen LogP contribution in [0.5, 0.6) is 0 Å². The Balaban J connectivity index is 1.58. The molecule has 1 amide bonds. The molecule has 4 rings (SSSR count). The summed E-state index contributed by atoms with van der Waals surface area (Å²) in [6.45, 7) is 0.305. The van der Waals surface area contributed by atoms with E-state index in [9.17, 15) is 18.0 Å². The molecule has 2 aromatic heterocycles. The van der Waals surface area contributed by atoms with E-state index in [1.54, 1.807) is 37.3 Å². The van der Waals surface area contributed by atoms with Crippen LogP contribution in [0.1, 0.15) is 11.4 Å². The predicted molar refractivity (Wildman–Crippen MR) is 112 cm³/mol. The van der Waals surface area contributed by atoms with Crippen molar-refractivity contribution in [1.82, 2.24) is 24.5 Å². The van der Waals surface area contributed by atoms with Crippen LogP contribution in [0.4, 0.5) is 13.2 Å². The summed E-state index contributed by atoms with van der Waals surface area (Å²) >= 11 is 1.04. The summed E-state index contributed by atoms with van der Waals surface area (Å²) in [6.07, 6.45) is -4.49. The molecule has 10 heteroatoms. The summed E-state index contributed by atoms with van der Waals surface area (Å²) in [6, 6.07) is 16.0. The van der Waals surface area contributed by atoms with E-state index < -0.39 is 18.6 Å². The van der Waals surface area contributed by atoms with Gasteiger partial charge in [0, 0.05) is 11.9 Å². The van der Waals surface area contributed by atoms with E-state index in [1.165, 1.54) is 4.52 Å². The molecule has 4 aromatic rings. The van der Waals surface area contributed by atoms with Gasteiger partial charge >= 0.3 is 6.18 Å². The highest BCUT2D eigenvalue weighted by molar-refractivity contribution is 7.99. The quantitative estimate of drug-likeness (QED) is 0.328. The molecule has 0 aliphatic heterocycles. The third kappa shape index (κ3) is 4.96. The zero-order valence-electron chi connectivity index (χ0n) is 16.5. The average Bonchev–Trinajstić information content (AvgIpc) is 3.13. The van der Waals surface area contributed by atoms with E-state index >= 15 is 0 Å². The first-order chi connectivity index (χ1) is 14.8. The van der Waals surface area contributed by atoms with Crippen molar-refractivity contribution >= 4 is 34.2 Å². The molecule has 0 aliphatic carbocycles. The molecule has 2 aromatic carbocycles. The fourth-order valence-corrected chi connectivity index (χ4v) is 4.04. The van der Waals surface area contributed by atoms with Gasteiger partial charge in [-0.1, -0.05) is 54.2 Å². The van der Waals surface area contributed by atoms with Crippen LogP contribution in [-0.4, -0.2) is 48.9 Å². The molecule has 2 heterocycles. The summed E-state index contributed by atoms with van der Waals surface area (Å²) in [5, 5.41) is 5.54. The van der Waals surface area contributed by atoms with Crippen molar-refractivity contribution in [2.45, 2.75) is 24.8 Å². The van der Waals surface area contributed by atoms with Gasteiger partial charge in [-0.25, -0.2) is 9.97 Å². The molecule has 0 N–H and O–H groups in total. The molecule has 0 saturated heterocycles. The van der Waals surface area contributed by atoms with Crippen LogP contribution in [0.3, 0.4) is 0 Å². The molecular formula is C21H18F3N5OS. The highest BCUT2D eigenvalue weighted by Gasteiger charge is 2.33. The number of fused-ring (bicyclic) bond motifs is 3. The molecule has 0 aliphatic rings. The van der Waals surface area contributed by atoms with Gasteiger partial charge in [-0.2, -0.15) is 17.7 Å². The van der Waals surface area contributed by atoms with Crippen molar-refractivity contribution in [3.05, 3.63) is 66.0 Å². The highest BCUT2D eigenvalue weighted by Crippen LogP contribution is 2.25. The fourth-order valence-electron chi connectivity index (χ4n) is 3.20. The number of halogens is 3. The number of nitrogens with zero attached hydrogens (tertiary/aromatic N) is 5. The molecular weight excluding hydrogens is 427 g/mol. The minimum Gasteiger partial charge on any atom is -0.329 e. The predicted octanol–water partition coefficient (Wildman–Crippen LogP) is 4.27. The van der Waals surface area contributed by atoms with Crippen LogP contribution in [-0.2, 0) is 11.3 Å². The minimum atomic E-state index is -4.49. The van der Waals surface area contributed by atoms with E-state index in [2.05, 4.69) is 15.1 Å². The van der Waals surface area contributed by atoms with Crippen molar-refractivity contribution in [1.29, 1.82) is 0 Å². The molecule has 0 fully saturated rings. The van der Waals surface area contributed by atoms with Gasteiger partial charge in [0.2, 0.25) is 5.91 Å². The Labute approximate surface area is 180 Å². The second-order valence-electron chi connectivity index (χ2n) is 6.95. The van der Waals surface area contributed by atoms with Gasteiger partial charge in [0.1, 0.15) is 12.4 Å². The van der Waals surface area contributed by atoms with Gasteiger partial charge in [0.15, 0.2) is 10.8 Å². The molecule has 6 nitrogen and oxygen atoms in total. The fraction of sp³-hybridized carbons (Fsp3) is 0.238. The van der Waals surface area contributed by atoms with E-state index in [0.717, 1.165) is 22.0 Å². The van der Waals surface area contributed by atoms with E-state index in [-0.39, 0.29) is 12.3 Å². The maximum atomic E-state index is 13.1. The van der Waals surface area contributed by atoms with Crippen LogP contribution in [0.15, 0.2) is 59.8 Å². The van der Waals surface area contributed by atoms with Gasteiger partial charge in [0.25, 0.3) is 0 Å². The molecule has 0 atom stereocenters. The smallest absolute Gasteiger partial charge is 0.329 e. The number of alkyl halides is 3. The number of thioether (sulfide) groups is 1. The molecule has 0 saturated carbocycles. The molecule has 0 radical (unpaired) electrons. The molecule has 160 valence electrons. The van der Waals surface area contributed by atoms with Gasteiger partial charge < -0.3 is 4.90 Å². The number of hydrogen-bond acceptors (Lipinski definition) is 5. The lowest BCUT2D eigenvalue weighted by Gasteiger charge is -2.24. The standard InChI is InChI=1S/C21H18F3N5OS/c1-14-25-19-16-9-5-6-10-17(16)26-20(29(19)27-14)31-12-18(30)28(13-21(22,23)24)11-15-7-3-2-4-8-15/h2-10H,11-13H2,1H3. The molecule has 0 bridgehead atoms. The third-order valence-corrected chi connectivity index (χ3v) is 5.43. The van der Waals surface area contributed by atoms with Gasteiger partial charge in [-0.15, -0.1) is 5.10 Å². The van der Waals surface area contributed by atoms with Crippen molar-refractivity contribution in [2.75, 3.05) is 12.3 Å². The minimum absolute atomic E-state index is 0.122. The summed E-state index contributed by atoms with van der Waals surface area (Å²) in [5.74, 6) is -0.303. The second kappa shape index (κ2) is 8.54. The van der Waals surface area contributed by atoms with Gasteiger partial charge in [-0.05, 0) is 24.6 Å². The van der Waals surface area contributed by atoms with Crippen LogP contribution in [0.25, 0.3) is 16.6 Å².